The van der Waals surface area contributed by atoms with Crippen LogP contribution in [0.2, 0.25) is 0 Å². The van der Waals surface area contributed by atoms with Gasteiger partial charge in [-0.1, -0.05) is 60.7 Å². The van der Waals surface area contributed by atoms with Crippen molar-refractivity contribution >= 4 is 5.57 Å². The average molecular weight is 206 g/mol. The third-order valence-corrected chi connectivity index (χ3v) is 3.30. The minimum absolute atomic E-state index is 0.442. The molecule has 0 saturated heterocycles. The lowest BCUT2D eigenvalue weighted by Gasteiger charge is -2.10. The third-order valence-electron chi connectivity index (χ3n) is 3.30. The fourth-order valence-corrected chi connectivity index (χ4v) is 2.49. The van der Waals surface area contributed by atoms with E-state index >= 15 is 0 Å². The molecule has 3 rings (SSSR count). The summed E-state index contributed by atoms with van der Waals surface area (Å²) >= 11 is 0. The van der Waals surface area contributed by atoms with Crippen LogP contribution >= 0.6 is 0 Å². The maximum Gasteiger partial charge on any atom is 0.0281 e. The first kappa shape index (κ1) is 9.41. The van der Waals surface area contributed by atoms with Crippen LogP contribution in [0.1, 0.15) is 29.5 Å². The molecule has 0 aromatic heterocycles. The zero-order valence-electron chi connectivity index (χ0n) is 9.35. The van der Waals surface area contributed by atoms with Crippen LogP contribution in [0.25, 0.3) is 5.57 Å². The monoisotopic (exact) mass is 206 g/mol. The van der Waals surface area contributed by atoms with Gasteiger partial charge < -0.3 is 0 Å². The number of hydrogen-bond donors (Lipinski definition) is 0. The van der Waals surface area contributed by atoms with Crippen molar-refractivity contribution in [2.24, 2.45) is 0 Å². The van der Waals surface area contributed by atoms with Crippen LogP contribution in [0.5, 0.6) is 0 Å². The van der Waals surface area contributed by atoms with Crippen LogP contribution < -0.4 is 0 Å². The van der Waals surface area contributed by atoms with Gasteiger partial charge in [-0.15, -0.1) is 0 Å². The first-order chi connectivity index (χ1) is 7.86. The molecule has 0 amide bonds. The lowest BCUT2D eigenvalue weighted by Crippen LogP contribution is -1.94. The first-order valence-corrected chi connectivity index (χ1v) is 5.69. The van der Waals surface area contributed by atoms with Crippen LogP contribution in [0, 0.1) is 0 Å². The quantitative estimate of drug-likeness (QED) is 0.654. The Hall–Kier alpha value is -1.82. The molecule has 0 heterocycles. The van der Waals surface area contributed by atoms with E-state index in [2.05, 4.69) is 67.6 Å². The molecule has 0 N–H and O–H groups in total. The van der Waals surface area contributed by atoms with Crippen LogP contribution in [-0.4, -0.2) is 0 Å². The van der Waals surface area contributed by atoms with Gasteiger partial charge in [-0.05, 0) is 29.2 Å². The largest absolute Gasteiger partial charge is 0.0691 e. The van der Waals surface area contributed by atoms with Crippen molar-refractivity contribution in [2.45, 2.75) is 12.8 Å². The summed E-state index contributed by atoms with van der Waals surface area (Å²) in [6.07, 6.45) is 2.36. The Bertz CT molecular complexity index is 535. The van der Waals surface area contributed by atoms with Gasteiger partial charge in [0.05, 0.1) is 0 Å². The van der Waals surface area contributed by atoms with E-state index in [4.69, 9.17) is 0 Å². The topological polar surface area (TPSA) is 0 Å². The maximum atomic E-state index is 2.36. The molecule has 0 heteroatoms. The molecule has 0 aliphatic heterocycles. The van der Waals surface area contributed by atoms with Gasteiger partial charge in [-0.3, -0.25) is 0 Å². The molecule has 1 aliphatic rings. The smallest absolute Gasteiger partial charge is 0.0281 e. The number of allylic oxidation sites excluding steroid dienone is 2. The third kappa shape index (κ3) is 1.38. The van der Waals surface area contributed by atoms with Gasteiger partial charge in [0.2, 0.25) is 0 Å². The normalized spacial score (nSPS) is 18.1. The highest BCUT2D eigenvalue weighted by Gasteiger charge is 2.21. The zero-order valence-corrected chi connectivity index (χ0v) is 9.35. The van der Waals surface area contributed by atoms with Gasteiger partial charge in [0.25, 0.3) is 0 Å². The second kappa shape index (κ2) is 3.64. The highest BCUT2D eigenvalue weighted by atomic mass is 14.2. The summed E-state index contributed by atoms with van der Waals surface area (Å²) < 4.78 is 0. The van der Waals surface area contributed by atoms with Crippen molar-refractivity contribution in [3.05, 3.63) is 77.4 Å². The van der Waals surface area contributed by atoms with Crippen molar-refractivity contribution in [3.63, 3.8) is 0 Å². The molecule has 16 heavy (non-hydrogen) atoms. The van der Waals surface area contributed by atoms with E-state index in [9.17, 15) is 0 Å². The molecule has 2 aromatic rings. The van der Waals surface area contributed by atoms with Crippen molar-refractivity contribution in [2.75, 3.05) is 0 Å². The summed E-state index contributed by atoms with van der Waals surface area (Å²) in [6, 6.07) is 19.4. The molecular weight excluding hydrogens is 192 g/mol. The van der Waals surface area contributed by atoms with Crippen LogP contribution in [0.3, 0.4) is 0 Å². The Kier molecular flexibility index (Phi) is 2.14. The van der Waals surface area contributed by atoms with Gasteiger partial charge >= 0.3 is 0 Å². The average Bonchev–Trinajstić information content (AvgIpc) is 2.69. The maximum absolute atomic E-state index is 2.36. The van der Waals surface area contributed by atoms with Crippen LogP contribution in [0.15, 0.2) is 60.7 Å². The lowest BCUT2D eigenvalue weighted by molar-refractivity contribution is 1.05. The first-order valence-electron chi connectivity index (χ1n) is 5.69. The van der Waals surface area contributed by atoms with E-state index in [1.807, 2.05) is 0 Å². The van der Waals surface area contributed by atoms with Crippen molar-refractivity contribution in [1.29, 1.82) is 0 Å². The molecule has 0 fully saturated rings. The van der Waals surface area contributed by atoms with Crippen molar-refractivity contribution in [1.82, 2.24) is 0 Å². The fourth-order valence-electron chi connectivity index (χ4n) is 2.49. The van der Waals surface area contributed by atoms with E-state index in [0.29, 0.717) is 5.92 Å². The minimum Gasteiger partial charge on any atom is -0.0691 e. The Morgan fingerprint density at radius 2 is 1.50 bits per heavy atom. The van der Waals surface area contributed by atoms with E-state index in [1.165, 1.54) is 22.3 Å². The molecular formula is C16H14. The summed E-state index contributed by atoms with van der Waals surface area (Å²) in [5.74, 6) is 0.442. The highest BCUT2D eigenvalue weighted by molar-refractivity contribution is 5.75. The van der Waals surface area contributed by atoms with Gasteiger partial charge in [-0.2, -0.15) is 0 Å². The number of benzene rings is 2. The number of hydrogen-bond acceptors (Lipinski definition) is 0. The van der Waals surface area contributed by atoms with Gasteiger partial charge in [0, 0.05) is 5.92 Å². The van der Waals surface area contributed by atoms with E-state index in [1.54, 1.807) is 0 Å². The summed E-state index contributed by atoms with van der Waals surface area (Å²) in [6.45, 7) is 2.20. The molecule has 1 unspecified atom stereocenters. The van der Waals surface area contributed by atoms with E-state index in [-0.39, 0.29) is 0 Å². The van der Waals surface area contributed by atoms with Crippen molar-refractivity contribution < 1.29 is 0 Å². The molecule has 0 radical (unpaired) electrons. The Balaban J connectivity index is 2.13. The Labute approximate surface area is 96.3 Å². The fraction of sp³-hybridized carbons (Fsp3) is 0.125. The molecule has 78 valence electrons. The summed E-state index contributed by atoms with van der Waals surface area (Å²) in [4.78, 5) is 0. The molecule has 1 aliphatic carbocycles. The standard InChI is InChI=1S/C16H14/c1-12-11-16(13-7-3-2-4-8-13)15-10-6-5-9-14(12)15/h2-11,16H,1H3. The predicted molar refractivity (Wildman–Crippen MR) is 68.4 cm³/mol. The number of rotatable bonds is 1. The molecule has 0 saturated carbocycles. The second-order valence-corrected chi connectivity index (χ2v) is 4.33. The van der Waals surface area contributed by atoms with Crippen LogP contribution in [-0.2, 0) is 0 Å². The van der Waals surface area contributed by atoms with Crippen molar-refractivity contribution in [3.8, 4) is 0 Å². The van der Waals surface area contributed by atoms with Gasteiger partial charge in [0.1, 0.15) is 0 Å². The summed E-state index contributed by atoms with van der Waals surface area (Å²) in [5.41, 5.74) is 5.61. The highest BCUT2D eigenvalue weighted by Crippen LogP contribution is 2.39. The molecule has 0 spiro atoms. The number of fused-ring (bicyclic) bond motifs is 1. The predicted octanol–water partition coefficient (Wildman–Crippen LogP) is 4.24. The Morgan fingerprint density at radius 1 is 0.812 bits per heavy atom. The molecule has 0 bridgehead atoms. The zero-order chi connectivity index (χ0) is 11.0. The lowest BCUT2D eigenvalue weighted by atomic mass is 9.93. The SMILES string of the molecule is CC1=CC(c2ccccc2)c2ccccc21. The molecule has 1 atom stereocenters. The van der Waals surface area contributed by atoms with Gasteiger partial charge in [0.15, 0.2) is 0 Å². The summed E-state index contributed by atoms with van der Waals surface area (Å²) in [5, 5.41) is 0. The molecule has 2 aromatic carbocycles. The van der Waals surface area contributed by atoms with Crippen LogP contribution in [0.4, 0.5) is 0 Å². The minimum atomic E-state index is 0.442. The Morgan fingerprint density at radius 3 is 2.31 bits per heavy atom. The van der Waals surface area contributed by atoms with E-state index in [0.717, 1.165) is 0 Å². The molecule has 0 nitrogen and oxygen atoms in total. The summed E-state index contributed by atoms with van der Waals surface area (Å²) in [7, 11) is 0. The van der Waals surface area contributed by atoms with Gasteiger partial charge in [-0.25, -0.2) is 0 Å². The second-order valence-electron chi connectivity index (χ2n) is 4.33. The van der Waals surface area contributed by atoms with E-state index < -0.39 is 0 Å².